The van der Waals surface area contributed by atoms with Gasteiger partial charge in [0.1, 0.15) is 16.4 Å². The quantitative estimate of drug-likeness (QED) is 0.783. The first-order valence-electron chi connectivity index (χ1n) is 8.32. The summed E-state index contributed by atoms with van der Waals surface area (Å²) in [5.41, 5.74) is 0.888. The smallest absolute Gasteiger partial charge is 0.258 e. The van der Waals surface area contributed by atoms with Crippen LogP contribution in [0, 0.1) is 0 Å². The SMILES string of the molecule is COc1ccc(N(C)C(=O)c2ccc(OC)c(S(=O)(=O)NC(C)C)c2)cc1. The standard InChI is InChI=1S/C19H24N2O5S/c1-13(2)20-27(23,24)18-12-14(6-11-17(18)26-5)19(22)21(3)15-7-9-16(25-4)10-8-15/h6-13,20H,1-5H3. The summed E-state index contributed by atoms with van der Waals surface area (Å²) in [6.45, 7) is 3.44. The van der Waals surface area contributed by atoms with E-state index in [0.29, 0.717) is 11.4 Å². The van der Waals surface area contributed by atoms with Gasteiger partial charge in [-0.1, -0.05) is 0 Å². The van der Waals surface area contributed by atoms with Crippen LogP contribution in [-0.2, 0) is 10.0 Å². The molecule has 0 aromatic heterocycles. The zero-order valence-electron chi connectivity index (χ0n) is 16.0. The lowest BCUT2D eigenvalue weighted by Gasteiger charge is -2.19. The molecule has 2 rings (SSSR count). The first-order valence-corrected chi connectivity index (χ1v) is 9.80. The number of benzene rings is 2. The first kappa shape index (κ1) is 20.7. The van der Waals surface area contributed by atoms with Crippen LogP contribution in [0.15, 0.2) is 47.4 Å². The van der Waals surface area contributed by atoms with E-state index in [1.54, 1.807) is 52.3 Å². The first-order chi connectivity index (χ1) is 12.7. The van der Waals surface area contributed by atoms with Crippen LogP contribution in [0.4, 0.5) is 5.69 Å². The molecule has 0 saturated heterocycles. The Labute approximate surface area is 160 Å². The second-order valence-corrected chi connectivity index (χ2v) is 7.89. The molecule has 27 heavy (non-hydrogen) atoms. The van der Waals surface area contributed by atoms with Gasteiger partial charge in [0.05, 0.1) is 14.2 Å². The van der Waals surface area contributed by atoms with E-state index in [9.17, 15) is 13.2 Å². The number of methoxy groups -OCH3 is 2. The number of hydrogen-bond acceptors (Lipinski definition) is 5. The Morgan fingerprint density at radius 2 is 1.67 bits per heavy atom. The number of carbonyl (C=O) groups is 1. The van der Waals surface area contributed by atoms with Crippen LogP contribution in [-0.4, -0.2) is 41.6 Å². The molecular formula is C19H24N2O5S. The molecule has 7 nitrogen and oxygen atoms in total. The highest BCUT2D eigenvalue weighted by atomic mass is 32.2. The summed E-state index contributed by atoms with van der Waals surface area (Å²) in [4.78, 5) is 14.2. The maximum atomic E-state index is 12.8. The number of sulfonamides is 1. The third-order valence-corrected chi connectivity index (χ3v) is 5.54. The van der Waals surface area contributed by atoms with Crippen LogP contribution in [0.3, 0.4) is 0 Å². The summed E-state index contributed by atoms with van der Waals surface area (Å²) in [5.74, 6) is 0.507. The topological polar surface area (TPSA) is 84.9 Å². The maximum Gasteiger partial charge on any atom is 0.258 e. The van der Waals surface area contributed by atoms with E-state index in [1.165, 1.54) is 30.2 Å². The van der Waals surface area contributed by atoms with Gasteiger partial charge in [0, 0.05) is 24.3 Å². The molecule has 0 saturated carbocycles. The molecule has 146 valence electrons. The summed E-state index contributed by atoms with van der Waals surface area (Å²) in [7, 11) is 0.748. The fourth-order valence-corrected chi connectivity index (χ4v) is 3.96. The van der Waals surface area contributed by atoms with Gasteiger partial charge in [0.25, 0.3) is 5.91 Å². The van der Waals surface area contributed by atoms with Crippen molar-refractivity contribution in [2.45, 2.75) is 24.8 Å². The molecule has 0 unspecified atom stereocenters. The summed E-state index contributed by atoms with van der Waals surface area (Å²) in [5, 5.41) is 0. The molecule has 1 N–H and O–H groups in total. The van der Waals surface area contributed by atoms with Gasteiger partial charge in [-0.25, -0.2) is 13.1 Å². The molecule has 0 radical (unpaired) electrons. The second kappa shape index (κ2) is 8.41. The molecule has 1 amide bonds. The Bertz CT molecular complexity index is 908. The van der Waals surface area contributed by atoms with Crippen LogP contribution in [0.1, 0.15) is 24.2 Å². The van der Waals surface area contributed by atoms with E-state index in [4.69, 9.17) is 9.47 Å². The number of anilines is 1. The molecule has 0 bridgehead atoms. The Hall–Kier alpha value is -2.58. The fraction of sp³-hybridized carbons (Fsp3) is 0.316. The van der Waals surface area contributed by atoms with Crippen LogP contribution >= 0.6 is 0 Å². The predicted octanol–water partition coefficient (Wildman–Crippen LogP) is 2.67. The monoisotopic (exact) mass is 392 g/mol. The van der Waals surface area contributed by atoms with E-state index in [1.807, 2.05) is 0 Å². The molecule has 2 aromatic carbocycles. The summed E-state index contributed by atoms with van der Waals surface area (Å²) in [6.07, 6.45) is 0. The van der Waals surface area contributed by atoms with Crippen molar-refractivity contribution in [3.63, 3.8) is 0 Å². The number of nitrogens with one attached hydrogen (secondary N) is 1. The van der Waals surface area contributed by atoms with Crippen LogP contribution < -0.4 is 19.1 Å². The highest BCUT2D eigenvalue weighted by molar-refractivity contribution is 7.89. The van der Waals surface area contributed by atoms with Gasteiger partial charge < -0.3 is 14.4 Å². The Balaban J connectivity index is 2.40. The molecule has 8 heteroatoms. The van der Waals surface area contributed by atoms with E-state index in [0.717, 1.165) is 0 Å². The molecule has 0 atom stereocenters. The van der Waals surface area contributed by atoms with E-state index in [2.05, 4.69) is 4.72 Å². The van der Waals surface area contributed by atoms with Crippen molar-refractivity contribution in [1.82, 2.24) is 4.72 Å². The van der Waals surface area contributed by atoms with Gasteiger partial charge in [-0.05, 0) is 56.3 Å². The molecular weight excluding hydrogens is 368 g/mol. The highest BCUT2D eigenvalue weighted by Crippen LogP contribution is 2.27. The van der Waals surface area contributed by atoms with Crippen LogP contribution in [0.25, 0.3) is 0 Å². The van der Waals surface area contributed by atoms with E-state index < -0.39 is 10.0 Å². The Kier molecular flexibility index (Phi) is 6.45. The van der Waals surface area contributed by atoms with Gasteiger partial charge in [-0.2, -0.15) is 0 Å². The maximum absolute atomic E-state index is 12.8. The van der Waals surface area contributed by atoms with E-state index >= 15 is 0 Å². The van der Waals surface area contributed by atoms with Crippen molar-refractivity contribution in [2.75, 3.05) is 26.2 Å². The molecule has 0 aliphatic carbocycles. The van der Waals surface area contributed by atoms with Crippen molar-refractivity contribution >= 4 is 21.6 Å². The Morgan fingerprint density at radius 1 is 1.04 bits per heavy atom. The number of carbonyl (C=O) groups excluding carboxylic acids is 1. The zero-order chi connectivity index (χ0) is 20.2. The molecule has 0 heterocycles. The van der Waals surface area contributed by atoms with Crippen LogP contribution in [0.5, 0.6) is 11.5 Å². The van der Waals surface area contributed by atoms with E-state index in [-0.39, 0.29) is 28.2 Å². The Morgan fingerprint density at radius 3 is 2.19 bits per heavy atom. The van der Waals surface area contributed by atoms with Gasteiger partial charge in [0.2, 0.25) is 10.0 Å². The van der Waals surface area contributed by atoms with Gasteiger partial charge in [0.15, 0.2) is 0 Å². The summed E-state index contributed by atoms with van der Waals surface area (Å²) >= 11 is 0. The van der Waals surface area contributed by atoms with Crippen LogP contribution in [0.2, 0.25) is 0 Å². The summed E-state index contributed by atoms with van der Waals surface area (Å²) < 4.78 is 37.9. The lowest BCUT2D eigenvalue weighted by molar-refractivity contribution is 0.0992. The lowest BCUT2D eigenvalue weighted by atomic mass is 10.1. The second-order valence-electron chi connectivity index (χ2n) is 6.20. The minimum atomic E-state index is -3.82. The number of ether oxygens (including phenoxy) is 2. The number of rotatable bonds is 7. The largest absolute Gasteiger partial charge is 0.497 e. The third-order valence-electron chi connectivity index (χ3n) is 3.86. The normalized spacial score (nSPS) is 11.3. The van der Waals surface area contributed by atoms with Gasteiger partial charge >= 0.3 is 0 Å². The average molecular weight is 392 g/mol. The average Bonchev–Trinajstić information content (AvgIpc) is 2.65. The number of amides is 1. The third kappa shape index (κ3) is 4.78. The molecule has 2 aromatic rings. The molecule has 0 spiro atoms. The van der Waals surface area contributed by atoms with Crippen molar-refractivity contribution in [3.05, 3.63) is 48.0 Å². The zero-order valence-corrected chi connectivity index (χ0v) is 16.8. The van der Waals surface area contributed by atoms with Gasteiger partial charge in [-0.3, -0.25) is 4.79 Å². The molecule has 0 aliphatic heterocycles. The molecule has 0 aliphatic rings. The van der Waals surface area contributed by atoms with Crippen molar-refractivity contribution in [1.29, 1.82) is 0 Å². The predicted molar refractivity (Wildman–Crippen MR) is 104 cm³/mol. The van der Waals surface area contributed by atoms with Crippen molar-refractivity contribution < 1.29 is 22.7 Å². The lowest BCUT2D eigenvalue weighted by Crippen LogP contribution is -2.31. The van der Waals surface area contributed by atoms with Gasteiger partial charge in [-0.15, -0.1) is 0 Å². The van der Waals surface area contributed by atoms with Crippen molar-refractivity contribution in [3.8, 4) is 11.5 Å². The number of hydrogen-bond donors (Lipinski definition) is 1. The minimum Gasteiger partial charge on any atom is -0.497 e. The van der Waals surface area contributed by atoms with Crippen molar-refractivity contribution in [2.24, 2.45) is 0 Å². The summed E-state index contributed by atoms with van der Waals surface area (Å²) in [6, 6.07) is 11.0. The highest BCUT2D eigenvalue weighted by Gasteiger charge is 2.23. The fourth-order valence-electron chi connectivity index (χ4n) is 2.51. The number of nitrogens with zero attached hydrogens (tertiary/aromatic N) is 1. The molecule has 0 fully saturated rings. The minimum absolute atomic E-state index is 0.0762.